The summed E-state index contributed by atoms with van der Waals surface area (Å²) in [7, 11) is 0. The second-order valence-corrected chi connectivity index (χ2v) is 4.38. The van der Waals surface area contributed by atoms with Crippen LogP contribution in [-0.4, -0.2) is 25.4 Å². The lowest BCUT2D eigenvalue weighted by Gasteiger charge is -2.07. The molecule has 0 spiro atoms. The van der Waals surface area contributed by atoms with E-state index in [1.165, 1.54) is 18.5 Å². The van der Waals surface area contributed by atoms with E-state index in [1.807, 2.05) is 0 Å². The number of aromatic nitrogens is 3. The van der Waals surface area contributed by atoms with Gasteiger partial charge in [0, 0.05) is 5.69 Å². The van der Waals surface area contributed by atoms with Crippen LogP contribution in [0.25, 0.3) is 16.9 Å². The van der Waals surface area contributed by atoms with Crippen molar-refractivity contribution >= 4 is 11.6 Å². The van der Waals surface area contributed by atoms with Gasteiger partial charge in [0.2, 0.25) is 0 Å². The molecule has 0 unspecified atom stereocenters. The van der Waals surface area contributed by atoms with Gasteiger partial charge >= 0.3 is 5.97 Å². The maximum absolute atomic E-state index is 13.0. The van der Waals surface area contributed by atoms with Crippen molar-refractivity contribution in [2.75, 3.05) is 0 Å². The highest BCUT2D eigenvalue weighted by molar-refractivity contribution is 5.92. The van der Waals surface area contributed by atoms with Crippen LogP contribution in [0.1, 0.15) is 16.2 Å². The molecule has 1 N–H and O–H groups in total. The normalized spacial score (nSPS) is 10.9. The molecule has 0 saturated carbocycles. The molecule has 0 saturated heterocycles. The average Bonchev–Trinajstić information content (AvgIpc) is 2.82. The Kier molecular flexibility index (Phi) is 2.71. The molecule has 0 amide bonds. The van der Waals surface area contributed by atoms with Crippen LogP contribution in [0.4, 0.5) is 4.39 Å². The van der Waals surface area contributed by atoms with Crippen LogP contribution in [-0.2, 0) is 0 Å². The van der Waals surface area contributed by atoms with Crippen molar-refractivity contribution in [3.05, 3.63) is 53.9 Å². The first kappa shape index (κ1) is 12.3. The van der Waals surface area contributed by atoms with E-state index in [2.05, 4.69) is 9.97 Å². The molecule has 0 aliphatic heterocycles. The van der Waals surface area contributed by atoms with Crippen LogP contribution in [0.3, 0.4) is 0 Å². The van der Waals surface area contributed by atoms with Crippen molar-refractivity contribution in [3.8, 4) is 11.3 Å². The molecule has 0 aliphatic carbocycles. The van der Waals surface area contributed by atoms with Crippen molar-refractivity contribution in [3.63, 3.8) is 0 Å². The molecule has 3 rings (SSSR count). The molecule has 6 heteroatoms. The zero-order valence-corrected chi connectivity index (χ0v) is 10.5. The molecule has 0 aliphatic rings. The van der Waals surface area contributed by atoms with Crippen LogP contribution in [0.2, 0.25) is 0 Å². The molecule has 5 nitrogen and oxygen atoms in total. The fourth-order valence-corrected chi connectivity index (χ4v) is 2.09. The van der Waals surface area contributed by atoms with Gasteiger partial charge in [-0.3, -0.25) is 4.40 Å². The number of hydrogen-bond acceptors (Lipinski definition) is 3. The predicted molar refractivity (Wildman–Crippen MR) is 70.1 cm³/mol. The number of rotatable bonds is 2. The highest BCUT2D eigenvalue weighted by atomic mass is 19.1. The molecule has 3 aromatic rings. The summed E-state index contributed by atoms with van der Waals surface area (Å²) in [4.78, 5) is 19.2. The summed E-state index contributed by atoms with van der Waals surface area (Å²) in [5.74, 6) is -1.46. The minimum atomic E-state index is -1.13. The van der Waals surface area contributed by atoms with E-state index in [0.717, 1.165) is 5.56 Å². The average molecular weight is 271 g/mol. The summed E-state index contributed by atoms with van der Waals surface area (Å²) >= 11 is 0. The maximum Gasteiger partial charge on any atom is 0.358 e. The van der Waals surface area contributed by atoms with Gasteiger partial charge in [0.05, 0.1) is 5.69 Å². The van der Waals surface area contributed by atoms with Gasteiger partial charge in [0.15, 0.2) is 11.3 Å². The molecule has 0 atom stereocenters. The van der Waals surface area contributed by atoms with Crippen LogP contribution >= 0.6 is 0 Å². The first-order valence-corrected chi connectivity index (χ1v) is 5.90. The first-order chi connectivity index (χ1) is 9.56. The van der Waals surface area contributed by atoms with Gasteiger partial charge in [0.1, 0.15) is 12.1 Å². The molecule has 0 fully saturated rings. The molecule has 1 aromatic carbocycles. The number of carboxylic acid groups (broad SMARTS) is 1. The Morgan fingerprint density at radius 2 is 2.00 bits per heavy atom. The van der Waals surface area contributed by atoms with Gasteiger partial charge in [-0.1, -0.05) is 0 Å². The van der Waals surface area contributed by atoms with E-state index in [1.54, 1.807) is 29.5 Å². The highest BCUT2D eigenvalue weighted by Crippen LogP contribution is 2.22. The monoisotopic (exact) mass is 271 g/mol. The summed E-state index contributed by atoms with van der Waals surface area (Å²) in [6.07, 6.45) is 1.41. The van der Waals surface area contributed by atoms with Crippen molar-refractivity contribution in [2.45, 2.75) is 6.92 Å². The third kappa shape index (κ3) is 1.91. The van der Waals surface area contributed by atoms with Crippen LogP contribution in [0.5, 0.6) is 0 Å². The van der Waals surface area contributed by atoms with Crippen molar-refractivity contribution in [1.29, 1.82) is 0 Å². The van der Waals surface area contributed by atoms with Gasteiger partial charge in [-0.05, 0) is 42.8 Å². The Morgan fingerprint density at radius 3 is 2.65 bits per heavy atom. The Balaban J connectivity index is 2.30. The lowest BCUT2D eigenvalue weighted by atomic mass is 10.1. The minimum Gasteiger partial charge on any atom is -0.476 e. The Hall–Kier alpha value is -2.76. The minimum absolute atomic E-state index is 0.0999. The highest BCUT2D eigenvalue weighted by Gasteiger charge is 2.16. The van der Waals surface area contributed by atoms with Gasteiger partial charge < -0.3 is 5.11 Å². The number of carboxylic acids is 1. The van der Waals surface area contributed by atoms with Gasteiger partial charge in [-0.25, -0.2) is 19.2 Å². The second kappa shape index (κ2) is 4.41. The SMILES string of the molecule is Cc1cc(-c2ccc(F)cc2)n2cnc(C(=O)O)c2n1. The van der Waals surface area contributed by atoms with E-state index >= 15 is 0 Å². The number of aromatic carboxylic acids is 1. The summed E-state index contributed by atoms with van der Waals surface area (Å²) in [6.45, 7) is 1.77. The van der Waals surface area contributed by atoms with Gasteiger partial charge in [-0.15, -0.1) is 0 Å². The molecule has 2 aromatic heterocycles. The Labute approximate surface area is 113 Å². The number of nitrogens with zero attached hydrogens (tertiary/aromatic N) is 3. The third-order valence-electron chi connectivity index (χ3n) is 2.97. The number of imidazole rings is 1. The maximum atomic E-state index is 13.0. The molecule has 2 heterocycles. The summed E-state index contributed by atoms with van der Waals surface area (Å²) in [5, 5.41) is 9.10. The van der Waals surface area contributed by atoms with Crippen LogP contribution in [0, 0.1) is 12.7 Å². The molecular weight excluding hydrogens is 261 g/mol. The Bertz CT molecular complexity index is 809. The first-order valence-electron chi connectivity index (χ1n) is 5.90. The molecule has 0 bridgehead atoms. The van der Waals surface area contributed by atoms with Crippen LogP contribution in [0.15, 0.2) is 36.7 Å². The standard InChI is InChI=1S/C14H10FN3O2/c1-8-6-11(9-2-4-10(15)5-3-9)18-7-16-12(14(19)20)13(18)17-8/h2-7H,1H3,(H,19,20). The lowest BCUT2D eigenvalue weighted by molar-refractivity contribution is 0.0693. The molecule has 100 valence electrons. The van der Waals surface area contributed by atoms with E-state index in [4.69, 9.17) is 5.11 Å². The number of halogens is 1. The molecule has 20 heavy (non-hydrogen) atoms. The fourth-order valence-electron chi connectivity index (χ4n) is 2.09. The van der Waals surface area contributed by atoms with Crippen molar-refractivity contribution < 1.29 is 14.3 Å². The van der Waals surface area contributed by atoms with Gasteiger partial charge in [0.25, 0.3) is 0 Å². The Morgan fingerprint density at radius 1 is 1.30 bits per heavy atom. The lowest BCUT2D eigenvalue weighted by Crippen LogP contribution is -2.01. The van der Waals surface area contributed by atoms with Crippen molar-refractivity contribution in [1.82, 2.24) is 14.4 Å². The predicted octanol–water partition coefficient (Wildman–Crippen LogP) is 2.54. The topological polar surface area (TPSA) is 67.5 Å². The largest absolute Gasteiger partial charge is 0.476 e. The summed E-state index contributed by atoms with van der Waals surface area (Å²) in [6, 6.07) is 7.76. The van der Waals surface area contributed by atoms with Gasteiger partial charge in [-0.2, -0.15) is 0 Å². The number of benzene rings is 1. The number of aryl methyl sites for hydroxylation is 1. The van der Waals surface area contributed by atoms with E-state index in [9.17, 15) is 9.18 Å². The van der Waals surface area contributed by atoms with Crippen LogP contribution < -0.4 is 0 Å². The summed E-state index contributed by atoms with van der Waals surface area (Å²) in [5.41, 5.74) is 2.32. The zero-order valence-electron chi connectivity index (χ0n) is 10.5. The quantitative estimate of drug-likeness (QED) is 0.777. The molecule has 0 radical (unpaired) electrons. The summed E-state index contributed by atoms with van der Waals surface area (Å²) < 4.78 is 14.6. The third-order valence-corrected chi connectivity index (χ3v) is 2.97. The van der Waals surface area contributed by atoms with E-state index in [0.29, 0.717) is 11.4 Å². The zero-order chi connectivity index (χ0) is 14.3. The number of hydrogen-bond donors (Lipinski definition) is 1. The van der Waals surface area contributed by atoms with E-state index in [-0.39, 0.29) is 17.2 Å². The van der Waals surface area contributed by atoms with Crippen molar-refractivity contribution in [2.24, 2.45) is 0 Å². The number of carbonyl (C=O) groups is 1. The molecular formula is C14H10FN3O2. The van der Waals surface area contributed by atoms with E-state index < -0.39 is 5.97 Å². The number of fused-ring (bicyclic) bond motifs is 1. The fraction of sp³-hybridized carbons (Fsp3) is 0.0714. The smallest absolute Gasteiger partial charge is 0.358 e. The second-order valence-electron chi connectivity index (χ2n) is 4.38.